The molecule has 1 aliphatic rings. The lowest BCUT2D eigenvalue weighted by molar-refractivity contribution is 0.567. The summed E-state index contributed by atoms with van der Waals surface area (Å²) in [5.74, 6) is 0. The highest BCUT2D eigenvalue weighted by Gasteiger charge is 2.26. The van der Waals surface area contributed by atoms with Crippen LogP contribution in [0.25, 0.3) is 0 Å². The second-order valence-corrected chi connectivity index (χ2v) is 4.95. The number of hydrogen-bond acceptors (Lipinski definition) is 4. The summed E-state index contributed by atoms with van der Waals surface area (Å²) in [6.07, 6.45) is 8.77. The van der Waals surface area contributed by atoms with Gasteiger partial charge in [0.2, 0.25) is 0 Å². The highest BCUT2D eigenvalue weighted by molar-refractivity contribution is 7.78. The Kier molecular flexibility index (Phi) is 5.28. The Morgan fingerprint density at radius 2 is 1.75 bits per heavy atom. The number of thiocarbonyl (C=S) groups is 2. The van der Waals surface area contributed by atoms with Gasteiger partial charge in [-0.25, -0.2) is 0 Å². The zero-order valence-electron chi connectivity index (χ0n) is 11.0. The van der Waals surface area contributed by atoms with Crippen molar-refractivity contribution in [3.63, 3.8) is 0 Å². The molecule has 0 N–H and O–H groups in total. The van der Waals surface area contributed by atoms with Crippen LogP contribution in [0.2, 0.25) is 0 Å². The lowest BCUT2D eigenvalue weighted by Gasteiger charge is -2.21. The molecular formula is C16H14N2S2. The van der Waals surface area contributed by atoms with Gasteiger partial charge in [-0.15, -0.1) is 0 Å². The minimum atomic E-state index is -0.722. The van der Waals surface area contributed by atoms with E-state index < -0.39 is 5.66 Å². The second-order valence-electron chi connectivity index (χ2n) is 4.59. The minimum absolute atomic E-state index is 0.654. The number of benzene rings is 1. The Hall–Kier alpha value is -1.70. The second kappa shape index (κ2) is 7.18. The zero-order chi connectivity index (χ0) is 14.3. The van der Waals surface area contributed by atoms with E-state index >= 15 is 0 Å². The fraction of sp³-hybridized carbons (Fsp3) is 0.250. The van der Waals surface area contributed by atoms with Crippen LogP contribution in [0.5, 0.6) is 0 Å². The molecule has 1 aromatic carbocycles. The Labute approximate surface area is 129 Å². The van der Waals surface area contributed by atoms with E-state index in [0.717, 1.165) is 12.8 Å². The van der Waals surface area contributed by atoms with Gasteiger partial charge in [0.05, 0.1) is 10.3 Å². The van der Waals surface area contributed by atoms with Crippen LogP contribution in [-0.4, -0.2) is 16.0 Å². The molecule has 2 rings (SSSR count). The monoisotopic (exact) mass is 298 g/mol. The van der Waals surface area contributed by atoms with Crippen LogP contribution >= 0.6 is 24.4 Å². The fourth-order valence-corrected chi connectivity index (χ4v) is 2.44. The summed E-state index contributed by atoms with van der Waals surface area (Å²) in [7, 11) is 0. The van der Waals surface area contributed by atoms with Crippen molar-refractivity contribution in [2.24, 2.45) is 9.98 Å². The fourth-order valence-electron chi connectivity index (χ4n) is 2.13. The highest BCUT2D eigenvalue weighted by atomic mass is 32.1. The Morgan fingerprint density at radius 1 is 1.05 bits per heavy atom. The van der Waals surface area contributed by atoms with E-state index in [-0.39, 0.29) is 0 Å². The molecule has 0 bridgehead atoms. The molecule has 1 aliphatic carbocycles. The lowest BCUT2D eigenvalue weighted by atomic mass is 9.94. The van der Waals surface area contributed by atoms with Gasteiger partial charge in [0.25, 0.3) is 0 Å². The van der Waals surface area contributed by atoms with Gasteiger partial charge < -0.3 is 0 Å². The first-order valence-electron chi connectivity index (χ1n) is 6.38. The largest absolute Gasteiger partial charge is 0.196 e. The average molecular weight is 298 g/mol. The molecule has 4 heteroatoms. The molecule has 100 valence electrons. The Balaban J connectivity index is 2.01. The first-order chi connectivity index (χ1) is 9.78. The van der Waals surface area contributed by atoms with Gasteiger partial charge in [0.15, 0.2) is 5.66 Å². The summed E-state index contributed by atoms with van der Waals surface area (Å²) in [6, 6.07) is 10.4. The van der Waals surface area contributed by atoms with Crippen LogP contribution in [0.3, 0.4) is 0 Å². The van der Waals surface area contributed by atoms with Crippen LogP contribution in [0.1, 0.15) is 18.4 Å². The van der Waals surface area contributed by atoms with Gasteiger partial charge in [-0.2, -0.15) is 9.98 Å². The van der Waals surface area contributed by atoms with Crippen LogP contribution in [0, 0.1) is 0 Å². The van der Waals surface area contributed by atoms with Crippen molar-refractivity contribution in [2.45, 2.75) is 24.9 Å². The molecule has 0 aromatic heterocycles. The maximum absolute atomic E-state index is 4.67. The lowest BCUT2D eigenvalue weighted by Crippen LogP contribution is -2.21. The smallest absolute Gasteiger partial charge is 0.191 e. The third-order valence-electron chi connectivity index (χ3n) is 3.25. The standard InChI is InChI=1S/C16H14N2S2/c19-12-17-16(18-13-20)10-8-15(9-11-16)7-6-14-4-2-1-3-5-14/h1-5,8-10H,6-7,11H2. The summed E-state index contributed by atoms with van der Waals surface area (Å²) in [4.78, 5) is 8.19. The summed E-state index contributed by atoms with van der Waals surface area (Å²) in [5, 5.41) is 4.77. The molecule has 0 atom stereocenters. The van der Waals surface area contributed by atoms with Crippen molar-refractivity contribution < 1.29 is 0 Å². The number of rotatable bonds is 5. The SMILES string of the molecule is S=C=NC1(N=C=S)C=CC(CCc2ccccc2)=CC1. The van der Waals surface area contributed by atoms with Crippen LogP contribution in [0.15, 0.2) is 64.1 Å². The van der Waals surface area contributed by atoms with E-state index in [1.54, 1.807) is 0 Å². The van der Waals surface area contributed by atoms with Crippen LogP contribution in [0.4, 0.5) is 0 Å². The van der Waals surface area contributed by atoms with E-state index in [1.807, 2.05) is 18.2 Å². The first-order valence-corrected chi connectivity index (χ1v) is 7.20. The third-order valence-corrected chi connectivity index (χ3v) is 3.44. The first kappa shape index (κ1) is 14.7. The summed E-state index contributed by atoms with van der Waals surface area (Å²) >= 11 is 9.34. The van der Waals surface area contributed by atoms with E-state index in [9.17, 15) is 0 Å². The van der Waals surface area contributed by atoms with E-state index in [0.29, 0.717) is 6.42 Å². The number of nitrogens with zero attached hydrogens (tertiary/aromatic N) is 2. The summed E-state index contributed by atoms with van der Waals surface area (Å²) < 4.78 is 0. The molecule has 0 aliphatic heterocycles. The molecule has 1 aromatic rings. The maximum atomic E-state index is 4.67. The van der Waals surface area contributed by atoms with Crippen LogP contribution in [-0.2, 0) is 6.42 Å². The Bertz CT molecular complexity index is 601. The van der Waals surface area contributed by atoms with Gasteiger partial charge in [-0.05, 0) is 48.9 Å². The highest BCUT2D eigenvalue weighted by Crippen LogP contribution is 2.27. The predicted octanol–water partition coefficient (Wildman–Crippen LogP) is 4.41. The molecule has 0 saturated heterocycles. The molecule has 0 amide bonds. The van der Waals surface area contributed by atoms with Gasteiger partial charge in [0, 0.05) is 6.42 Å². The summed E-state index contributed by atoms with van der Waals surface area (Å²) in [5.41, 5.74) is 1.90. The van der Waals surface area contributed by atoms with Gasteiger partial charge >= 0.3 is 0 Å². The number of allylic oxidation sites excluding steroid dienone is 2. The normalized spacial score (nSPS) is 20.5. The van der Waals surface area contributed by atoms with Gasteiger partial charge in [-0.1, -0.05) is 48.1 Å². The molecule has 0 saturated carbocycles. The van der Waals surface area contributed by atoms with Crippen LogP contribution < -0.4 is 0 Å². The Morgan fingerprint density at radius 3 is 2.30 bits per heavy atom. The van der Waals surface area contributed by atoms with E-state index in [1.165, 1.54) is 11.1 Å². The zero-order valence-corrected chi connectivity index (χ0v) is 12.6. The molecule has 20 heavy (non-hydrogen) atoms. The number of aryl methyl sites for hydroxylation is 1. The van der Waals surface area contributed by atoms with Crippen molar-refractivity contribution >= 4 is 34.8 Å². The molecule has 0 unspecified atom stereocenters. The molecule has 0 fully saturated rings. The van der Waals surface area contributed by atoms with Crippen molar-refractivity contribution in [2.75, 3.05) is 0 Å². The van der Waals surface area contributed by atoms with Crippen molar-refractivity contribution in [3.05, 3.63) is 59.7 Å². The van der Waals surface area contributed by atoms with E-state index in [2.05, 4.69) is 75.1 Å². The quantitative estimate of drug-likeness (QED) is 0.594. The molecule has 0 heterocycles. The molecule has 0 radical (unpaired) electrons. The summed E-state index contributed by atoms with van der Waals surface area (Å²) in [6.45, 7) is 0. The number of aliphatic imine (C=N–C) groups is 2. The minimum Gasteiger partial charge on any atom is -0.196 e. The molecular weight excluding hydrogens is 284 g/mol. The van der Waals surface area contributed by atoms with Crippen molar-refractivity contribution in [3.8, 4) is 0 Å². The molecule has 0 spiro atoms. The topological polar surface area (TPSA) is 24.7 Å². The third kappa shape index (κ3) is 3.89. The van der Waals surface area contributed by atoms with Crippen molar-refractivity contribution in [1.82, 2.24) is 0 Å². The maximum Gasteiger partial charge on any atom is 0.191 e. The van der Waals surface area contributed by atoms with Gasteiger partial charge in [-0.3, -0.25) is 0 Å². The average Bonchev–Trinajstić information content (AvgIpc) is 2.48. The van der Waals surface area contributed by atoms with E-state index in [4.69, 9.17) is 0 Å². The molecule has 2 nitrogen and oxygen atoms in total. The number of hydrogen-bond donors (Lipinski definition) is 0. The van der Waals surface area contributed by atoms with Crippen molar-refractivity contribution in [1.29, 1.82) is 0 Å². The predicted molar refractivity (Wildman–Crippen MR) is 89.4 cm³/mol. The van der Waals surface area contributed by atoms with Gasteiger partial charge in [0.1, 0.15) is 0 Å². The number of isothiocyanates is 2.